The molecule has 0 radical (unpaired) electrons. The van der Waals surface area contributed by atoms with E-state index in [2.05, 4.69) is 158 Å². The second kappa shape index (κ2) is 36.1. The van der Waals surface area contributed by atoms with Gasteiger partial charge in [-0.25, -0.2) is 0 Å². The minimum absolute atomic E-state index is 0.226. The normalized spacial score (nSPS) is 10.1. The summed E-state index contributed by atoms with van der Waals surface area (Å²) in [4.78, 5) is 40.7. The summed E-state index contributed by atoms with van der Waals surface area (Å²) in [5.41, 5.74) is 7.31. The largest absolute Gasteiger partial charge is 0.493 e. The Balaban J connectivity index is 0.000000149. The molecule has 0 atom stereocenters. The fourth-order valence-corrected chi connectivity index (χ4v) is 8.74. The minimum atomic E-state index is -0.385. The average molecular weight is 1360 g/mol. The molecule has 0 saturated heterocycles. The summed E-state index contributed by atoms with van der Waals surface area (Å²) in [6, 6.07) is 54.8. The number of hydrogen-bond acceptors (Lipinski definition) is 26. The summed E-state index contributed by atoms with van der Waals surface area (Å²) in [6.45, 7) is 9.54. The summed E-state index contributed by atoms with van der Waals surface area (Å²) < 4.78 is 16.6. The third-order valence-corrected chi connectivity index (χ3v) is 13.6. The van der Waals surface area contributed by atoms with Crippen molar-refractivity contribution in [2.45, 2.75) is 27.7 Å². The molecule has 0 spiro atoms. The molecule has 3 amide bonds. The molecule has 34 heteroatoms. The molecule has 0 aliphatic carbocycles. The Morgan fingerprint density at radius 3 is 1.04 bits per heavy atom. The van der Waals surface area contributed by atoms with Crippen molar-refractivity contribution in [2.24, 2.45) is 11.8 Å². The van der Waals surface area contributed by atoms with E-state index in [9.17, 15) is 30.2 Å². The molecule has 0 unspecified atom stereocenters. The van der Waals surface area contributed by atoms with E-state index >= 15 is 0 Å². The van der Waals surface area contributed by atoms with Crippen LogP contribution >= 0.6 is 0 Å². The lowest BCUT2D eigenvalue weighted by molar-refractivity contribution is 0.101. The van der Waals surface area contributed by atoms with E-state index in [0.717, 1.165) is 16.9 Å². The van der Waals surface area contributed by atoms with Crippen LogP contribution in [0.2, 0.25) is 0 Å². The van der Waals surface area contributed by atoms with Crippen molar-refractivity contribution in [1.29, 1.82) is 21.0 Å². The fraction of sp³-hybridized carbons (Fsp3) is 0.132. The third-order valence-electron chi connectivity index (χ3n) is 13.6. The summed E-state index contributed by atoms with van der Waals surface area (Å²) in [7, 11) is 1.61. The number of carbonyl (C=O) groups is 3. The van der Waals surface area contributed by atoms with Crippen LogP contribution < -0.4 is 30.2 Å². The number of amides is 3. The van der Waals surface area contributed by atoms with Crippen LogP contribution in [0.3, 0.4) is 0 Å². The van der Waals surface area contributed by atoms with E-state index in [1.807, 2.05) is 72.8 Å². The highest BCUT2D eigenvalue weighted by Gasteiger charge is 2.19. The molecule has 102 heavy (non-hydrogen) atoms. The molecule has 8 N–H and O–H groups in total. The Hall–Kier alpha value is -15.2. The molecule has 7 aromatic carbocycles. The Bertz CT molecular complexity index is 4670. The zero-order chi connectivity index (χ0) is 72.0. The van der Waals surface area contributed by atoms with Gasteiger partial charge in [0, 0.05) is 45.4 Å². The first kappa shape index (κ1) is 71.1. The molecule has 13 rings (SSSR count). The predicted octanol–water partition coefficient (Wildman–Crippen LogP) is 9.05. The number of nitrogens with one attached hydrogen (secondary N) is 8. The van der Waals surface area contributed by atoms with Gasteiger partial charge < -0.3 is 30.2 Å². The molecular weight excluding hydrogens is 1300 g/mol. The lowest BCUT2D eigenvalue weighted by Gasteiger charge is -2.12. The van der Waals surface area contributed by atoms with Crippen molar-refractivity contribution in [2.75, 3.05) is 36.3 Å². The molecule has 34 nitrogen and oxygen atoms in total. The first-order valence-electron chi connectivity index (χ1n) is 30.5. The van der Waals surface area contributed by atoms with Crippen LogP contribution in [0.5, 0.6) is 17.2 Å². The van der Waals surface area contributed by atoms with E-state index in [0.29, 0.717) is 116 Å². The van der Waals surface area contributed by atoms with Gasteiger partial charge in [0.2, 0.25) is 29.1 Å². The van der Waals surface area contributed by atoms with Crippen LogP contribution in [0.1, 0.15) is 81.0 Å². The van der Waals surface area contributed by atoms with Crippen molar-refractivity contribution < 1.29 is 28.6 Å². The smallest absolute Gasteiger partial charge is 0.257 e. The van der Waals surface area contributed by atoms with Gasteiger partial charge in [0.05, 0.1) is 89.4 Å². The fourth-order valence-electron chi connectivity index (χ4n) is 8.74. The average Bonchev–Trinajstić information content (AvgIpc) is 1.19. The van der Waals surface area contributed by atoms with Gasteiger partial charge in [-0.15, -0.1) is 51.0 Å². The molecule has 0 aliphatic heterocycles. The number of aromatic nitrogens is 21. The van der Waals surface area contributed by atoms with E-state index in [1.54, 1.807) is 123 Å². The molecule has 0 saturated carbocycles. The topological polar surface area (TPSA) is 495 Å². The van der Waals surface area contributed by atoms with Crippen LogP contribution in [0, 0.1) is 57.2 Å². The second-order valence-electron chi connectivity index (χ2n) is 21.7. The quantitative estimate of drug-likeness (QED) is 0.0397. The highest BCUT2D eigenvalue weighted by Crippen LogP contribution is 2.32. The lowest BCUT2D eigenvalue weighted by Crippen LogP contribution is -2.13. The molecule has 6 aromatic heterocycles. The zero-order valence-electron chi connectivity index (χ0n) is 54.7. The number of hydrogen-bond donors (Lipinski definition) is 8. The van der Waals surface area contributed by atoms with Crippen molar-refractivity contribution in [3.05, 3.63) is 215 Å². The maximum Gasteiger partial charge on any atom is 0.257 e. The van der Waals surface area contributed by atoms with E-state index < -0.39 is 0 Å². The van der Waals surface area contributed by atoms with Gasteiger partial charge in [0.15, 0.2) is 11.5 Å². The zero-order valence-corrected chi connectivity index (χ0v) is 54.7. The standard InChI is InChI=1S/2C15H10N6O.C14H9N7O.C12H13N5O.C12H16N4O2/c2*16-9-11-8-10(14-18-20-21-19-14)6-7-13(11)15(22)17-12-4-2-1-3-5-12;15-7-10-6-9(13-18-20-21-19-13)3-4-12(10)14(22)17-11-2-1-5-16-8-11;1-8(2)7-18-11-4-3-9(5-10(11)6-13)12-14-16-17-15-12;1-8(2)7-18-10-5-4-9(6-11(10)17-3)12-13-15-16-14-12/h2*1-8H,(H,17,22)(H,18,19,20,21);1-6,8H,(H,17,22)(H,18,19,20,21);3-5,8H,7H2,1-2H3,(H,14,15,16,17);4-6,8H,7H2,1-3H3,(H,13,14,15,16). The Kier molecular flexibility index (Phi) is 25.1. The molecule has 506 valence electrons. The number of anilines is 3. The highest BCUT2D eigenvalue weighted by atomic mass is 16.5. The Morgan fingerprint density at radius 1 is 0.392 bits per heavy atom. The first-order valence-corrected chi connectivity index (χ1v) is 30.5. The van der Waals surface area contributed by atoms with Gasteiger partial charge in [-0.1, -0.05) is 82.3 Å². The molecule has 0 aliphatic rings. The molecule has 13 aromatic rings. The number of aromatic amines is 5. The Morgan fingerprint density at radius 2 is 0.716 bits per heavy atom. The number of H-pyrrole nitrogens is 5. The molecule has 0 fully saturated rings. The number of nitriles is 4. The number of nitrogens with zero attached hydrogens (tertiary/aromatic N) is 20. The number of para-hydroxylation sites is 2. The van der Waals surface area contributed by atoms with Gasteiger partial charge in [0.1, 0.15) is 11.8 Å². The summed E-state index contributed by atoms with van der Waals surface area (Å²) in [6.07, 6.45) is 3.13. The number of benzene rings is 7. The monoisotopic (exact) mass is 1360 g/mol. The molecule has 0 bridgehead atoms. The maximum atomic E-state index is 12.3. The van der Waals surface area contributed by atoms with Crippen LogP contribution in [0.25, 0.3) is 56.9 Å². The van der Waals surface area contributed by atoms with Gasteiger partial charge in [0.25, 0.3) is 17.7 Å². The summed E-state index contributed by atoms with van der Waals surface area (Å²) in [5, 5.41) is 113. The number of rotatable bonds is 18. The van der Waals surface area contributed by atoms with Crippen molar-refractivity contribution in [1.82, 2.24) is 108 Å². The van der Waals surface area contributed by atoms with E-state index in [4.69, 9.17) is 19.5 Å². The third kappa shape index (κ3) is 19.9. The molecular formula is C68H58N28O6. The summed E-state index contributed by atoms with van der Waals surface area (Å²) in [5.74, 6) is 3.85. The van der Waals surface area contributed by atoms with Crippen molar-refractivity contribution in [3.8, 4) is 98.5 Å². The minimum Gasteiger partial charge on any atom is -0.493 e. The summed E-state index contributed by atoms with van der Waals surface area (Å²) >= 11 is 0. The van der Waals surface area contributed by atoms with Crippen LogP contribution in [-0.2, 0) is 0 Å². The number of pyridine rings is 1. The maximum absolute atomic E-state index is 12.3. The van der Waals surface area contributed by atoms with Crippen LogP contribution in [0.15, 0.2) is 176 Å². The SMILES string of the molecule is CC(C)COc1ccc(-c2nn[nH]n2)cc1C#N.COc1cc(-c2nn[nH]n2)ccc1OCC(C)C.N#Cc1cc(-c2nn[nH]n2)ccc1C(=O)Nc1ccccc1.N#Cc1cc(-c2nn[nH]n2)ccc1C(=O)Nc1ccccc1.N#Cc1cc(-c2nn[nH]n2)ccc1C(=O)Nc1cccnc1. The first-order chi connectivity index (χ1) is 49.7. The van der Waals surface area contributed by atoms with Crippen molar-refractivity contribution >= 4 is 34.8 Å². The van der Waals surface area contributed by atoms with Gasteiger partial charge in [-0.05, 0) is 147 Å². The van der Waals surface area contributed by atoms with Crippen LogP contribution in [0.4, 0.5) is 17.1 Å². The van der Waals surface area contributed by atoms with Gasteiger partial charge >= 0.3 is 0 Å². The number of methoxy groups -OCH3 is 1. The van der Waals surface area contributed by atoms with E-state index in [1.165, 1.54) is 6.20 Å². The Labute approximate surface area is 579 Å². The lowest BCUT2D eigenvalue weighted by atomic mass is 10.0. The highest BCUT2D eigenvalue weighted by molar-refractivity contribution is 6.07. The predicted molar refractivity (Wildman–Crippen MR) is 365 cm³/mol. The van der Waals surface area contributed by atoms with Crippen molar-refractivity contribution in [3.63, 3.8) is 0 Å². The van der Waals surface area contributed by atoms with Gasteiger partial charge in [-0.2, -0.15) is 47.1 Å². The number of tetrazole rings is 5. The van der Waals surface area contributed by atoms with Crippen LogP contribution in [-0.4, -0.2) is 146 Å². The number of ether oxygens (including phenoxy) is 3. The van der Waals surface area contributed by atoms with Gasteiger partial charge in [-0.3, -0.25) is 19.4 Å². The second-order valence-corrected chi connectivity index (χ2v) is 21.7. The number of carbonyl (C=O) groups excluding carboxylic acids is 3. The molecule has 6 heterocycles. The van der Waals surface area contributed by atoms with E-state index in [-0.39, 0.29) is 40.0 Å².